The highest BCUT2D eigenvalue weighted by molar-refractivity contribution is 9.10. The molecule has 1 aromatic rings. The van der Waals surface area contributed by atoms with Crippen LogP contribution < -0.4 is 0 Å². The normalized spacial score (nSPS) is 25.6. The van der Waals surface area contributed by atoms with E-state index in [1.54, 1.807) is 19.1 Å². The van der Waals surface area contributed by atoms with Gasteiger partial charge in [-0.25, -0.2) is 8.42 Å². The standard InChI is InChI=1S/C11H14BrNO4S/c1-7-4-8(2-3-9(7)12)18(16,17)13-5-10(14)11(15)6-13/h2-4,10-11,14-15H,5-6H2,1H3/t10-,11+. The first kappa shape index (κ1) is 14.0. The summed E-state index contributed by atoms with van der Waals surface area (Å²) in [6.07, 6.45) is -2.03. The van der Waals surface area contributed by atoms with E-state index >= 15 is 0 Å². The van der Waals surface area contributed by atoms with Crippen LogP contribution in [0, 0.1) is 6.92 Å². The Morgan fingerprint density at radius 1 is 1.28 bits per heavy atom. The highest BCUT2D eigenvalue weighted by Gasteiger charge is 2.37. The fourth-order valence-electron chi connectivity index (χ4n) is 1.86. The average molecular weight is 336 g/mol. The predicted octanol–water partition coefficient (Wildman–Crippen LogP) is 0.484. The lowest BCUT2D eigenvalue weighted by Crippen LogP contribution is -2.30. The van der Waals surface area contributed by atoms with Gasteiger partial charge in [0.15, 0.2) is 0 Å². The summed E-state index contributed by atoms with van der Waals surface area (Å²) in [4.78, 5) is 0.171. The van der Waals surface area contributed by atoms with Crippen LogP contribution in [-0.4, -0.2) is 48.2 Å². The maximum Gasteiger partial charge on any atom is 0.243 e. The van der Waals surface area contributed by atoms with Crippen LogP contribution in [0.1, 0.15) is 5.56 Å². The second-order valence-electron chi connectivity index (χ2n) is 4.37. The smallest absolute Gasteiger partial charge is 0.243 e. The molecule has 1 aliphatic rings. The highest BCUT2D eigenvalue weighted by atomic mass is 79.9. The molecule has 0 aromatic heterocycles. The van der Waals surface area contributed by atoms with Gasteiger partial charge in [-0.3, -0.25) is 0 Å². The van der Waals surface area contributed by atoms with Crippen LogP contribution in [0.25, 0.3) is 0 Å². The van der Waals surface area contributed by atoms with Gasteiger partial charge in [-0.15, -0.1) is 0 Å². The average Bonchev–Trinajstić information content (AvgIpc) is 2.64. The Labute approximate surface area is 114 Å². The van der Waals surface area contributed by atoms with Crippen LogP contribution in [0.3, 0.4) is 0 Å². The summed E-state index contributed by atoms with van der Waals surface area (Å²) in [5.74, 6) is 0. The minimum Gasteiger partial charge on any atom is -0.389 e. The van der Waals surface area contributed by atoms with Gasteiger partial charge in [0, 0.05) is 17.6 Å². The van der Waals surface area contributed by atoms with E-state index in [2.05, 4.69) is 15.9 Å². The predicted molar refractivity (Wildman–Crippen MR) is 69.7 cm³/mol. The number of halogens is 1. The first-order chi connectivity index (χ1) is 8.32. The third kappa shape index (κ3) is 2.46. The molecular formula is C11H14BrNO4S. The van der Waals surface area contributed by atoms with Crippen molar-refractivity contribution in [3.63, 3.8) is 0 Å². The van der Waals surface area contributed by atoms with Crippen LogP contribution in [0.15, 0.2) is 27.6 Å². The van der Waals surface area contributed by atoms with Gasteiger partial charge < -0.3 is 10.2 Å². The second-order valence-corrected chi connectivity index (χ2v) is 7.16. The van der Waals surface area contributed by atoms with Crippen molar-refractivity contribution >= 4 is 26.0 Å². The molecule has 0 aliphatic carbocycles. The fourth-order valence-corrected chi connectivity index (χ4v) is 3.67. The molecule has 1 aromatic carbocycles. The van der Waals surface area contributed by atoms with Gasteiger partial charge >= 0.3 is 0 Å². The lowest BCUT2D eigenvalue weighted by Gasteiger charge is -2.16. The lowest BCUT2D eigenvalue weighted by atomic mass is 10.2. The van der Waals surface area contributed by atoms with Crippen molar-refractivity contribution in [3.05, 3.63) is 28.2 Å². The van der Waals surface area contributed by atoms with Gasteiger partial charge in [0.05, 0.1) is 17.1 Å². The minimum absolute atomic E-state index is 0.0708. The lowest BCUT2D eigenvalue weighted by molar-refractivity contribution is 0.0572. The van der Waals surface area contributed by atoms with Crippen LogP contribution in [0.5, 0.6) is 0 Å². The molecular weight excluding hydrogens is 322 g/mol. The number of aliphatic hydroxyl groups is 2. The molecule has 0 unspecified atom stereocenters. The molecule has 0 saturated carbocycles. The molecule has 2 atom stereocenters. The summed E-state index contributed by atoms with van der Waals surface area (Å²) >= 11 is 3.31. The van der Waals surface area contributed by atoms with Gasteiger partial charge in [-0.1, -0.05) is 15.9 Å². The highest BCUT2D eigenvalue weighted by Crippen LogP contribution is 2.25. The largest absolute Gasteiger partial charge is 0.389 e. The Kier molecular flexibility index (Phi) is 3.80. The summed E-state index contributed by atoms with van der Waals surface area (Å²) in [5, 5.41) is 18.8. The number of rotatable bonds is 2. The molecule has 0 bridgehead atoms. The third-order valence-corrected chi connectivity index (χ3v) is 5.71. The van der Waals surface area contributed by atoms with Crippen LogP contribution >= 0.6 is 15.9 Å². The number of aryl methyl sites for hydroxylation is 1. The Morgan fingerprint density at radius 2 is 1.83 bits per heavy atom. The van der Waals surface area contributed by atoms with Gasteiger partial charge in [0.2, 0.25) is 10.0 Å². The van der Waals surface area contributed by atoms with Gasteiger partial charge in [-0.05, 0) is 30.7 Å². The van der Waals surface area contributed by atoms with Gasteiger partial charge in [0.1, 0.15) is 0 Å². The zero-order chi connectivity index (χ0) is 13.5. The van der Waals surface area contributed by atoms with Crippen LogP contribution in [0.2, 0.25) is 0 Å². The Hall–Kier alpha value is -0.470. The molecule has 0 spiro atoms. The maximum atomic E-state index is 12.3. The Balaban J connectivity index is 2.34. The molecule has 1 saturated heterocycles. The van der Waals surface area contributed by atoms with Crippen molar-refractivity contribution in [2.45, 2.75) is 24.0 Å². The van der Waals surface area contributed by atoms with E-state index < -0.39 is 22.2 Å². The quantitative estimate of drug-likeness (QED) is 0.824. The van der Waals surface area contributed by atoms with Crippen molar-refractivity contribution in [2.75, 3.05) is 13.1 Å². The first-order valence-corrected chi connectivity index (χ1v) is 7.68. The van der Waals surface area contributed by atoms with Crippen molar-refractivity contribution in [1.82, 2.24) is 4.31 Å². The molecule has 5 nitrogen and oxygen atoms in total. The summed E-state index contributed by atoms with van der Waals surface area (Å²) in [6.45, 7) is 1.66. The monoisotopic (exact) mass is 335 g/mol. The molecule has 18 heavy (non-hydrogen) atoms. The number of aliphatic hydroxyl groups excluding tert-OH is 2. The number of benzene rings is 1. The Bertz CT molecular complexity index is 550. The zero-order valence-electron chi connectivity index (χ0n) is 9.75. The number of hydrogen-bond donors (Lipinski definition) is 2. The third-order valence-electron chi connectivity index (χ3n) is 2.99. The van der Waals surface area contributed by atoms with Crippen LogP contribution in [-0.2, 0) is 10.0 Å². The summed E-state index contributed by atoms with van der Waals surface area (Å²) in [5.41, 5.74) is 0.816. The van der Waals surface area contributed by atoms with E-state index in [9.17, 15) is 18.6 Å². The van der Waals surface area contributed by atoms with Crippen molar-refractivity contribution < 1.29 is 18.6 Å². The number of β-amino-alcohol motifs (C(OH)–C–C–N with tert-alkyl or cyclic N) is 2. The van der Waals surface area contributed by atoms with E-state index in [0.717, 1.165) is 14.3 Å². The van der Waals surface area contributed by atoms with Crippen LogP contribution in [0.4, 0.5) is 0 Å². The molecule has 0 amide bonds. The molecule has 0 radical (unpaired) electrons. The molecule has 2 rings (SSSR count). The molecule has 1 aliphatic heterocycles. The second kappa shape index (κ2) is 4.90. The Morgan fingerprint density at radius 3 is 2.33 bits per heavy atom. The van der Waals surface area contributed by atoms with Crippen molar-refractivity contribution in [1.29, 1.82) is 0 Å². The topological polar surface area (TPSA) is 77.8 Å². The number of hydrogen-bond acceptors (Lipinski definition) is 4. The summed E-state index contributed by atoms with van der Waals surface area (Å²) < 4.78 is 26.5. The zero-order valence-corrected chi connectivity index (χ0v) is 12.1. The maximum absolute atomic E-state index is 12.3. The molecule has 100 valence electrons. The number of nitrogens with zero attached hydrogens (tertiary/aromatic N) is 1. The molecule has 1 fully saturated rings. The van der Waals surface area contributed by atoms with E-state index in [4.69, 9.17) is 0 Å². The van der Waals surface area contributed by atoms with E-state index in [-0.39, 0.29) is 18.0 Å². The fraction of sp³-hybridized carbons (Fsp3) is 0.455. The van der Waals surface area contributed by atoms with Gasteiger partial charge in [0.25, 0.3) is 0 Å². The van der Waals surface area contributed by atoms with Crippen molar-refractivity contribution in [3.8, 4) is 0 Å². The van der Waals surface area contributed by atoms with Crippen molar-refractivity contribution in [2.24, 2.45) is 0 Å². The summed E-state index contributed by atoms with van der Waals surface area (Å²) in [7, 11) is -3.65. The molecule has 2 N–H and O–H groups in total. The SMILES string of the molecule is Cc1cc(S(=O)(=O)N2C[C@@H](O)[C@@H](O)C2)ccc1Br. The summed E-state index contributed by atoms with van der Waals surface area (Å²) in [6, 6.07) is 4.74. The molecule has 7 heteroatoms. The van der Waals surface area contributed by atoms with E-state index in [1.165, 1.54) is 6.07 Å². The minimum atomic E-state index is -3.65. The van der Waals surface area contributed by atoms with E-state index in [0.29, 0.717) is 0 Å². The van der Waals surface area contributed by atoms with E-state index in [1.807, 2.05) is 0 Å². The number of sulfonamides is 1. The molecule has 1 heterocycles. The van der Waals surface area contributed by atoms with Gasteiger partial charge in [-0.2, -0.15) is 4.31 Å². The first-order valence-electron chi connectivity index (χ1n) is 5.45.